The van der Waals surface area contributed by atoms with E-state index >= 15 is 0 Å². The summed E-state index contributed by atoms with van der Waals surface area (Å²) in [5.41, 5.74) is 0. The number of nitrogens with zero attached hydrogens (tertiary/aromatic N) is 3. The van der Waals surface area contributed by atoms with Crippen LogP contribution in [0.2, 0.25) is 0 Å². The fourth-order valence-electron chi connectivity index (χ4n) is 2.88. The molecule has 1 fully saturated rings. The van der Waals surface area contributed by atoms with E-state index in [9.17, 15) is 0 Å². The van der Waals surface area contributed by atoms with E-state index in [1.807, 2.05) is 0 Å². The van der Waals surface area contributed by atoms with E-state index in [4.69, 9.17) is 0 Å². The molecule has 0 radical (unpaired) electrons. The molecule has 0 aliphatic heterocycles. The first-order valence-electron chi connectivity index (χ1n) is 8.49. The lowest BCUT2D eigenvalue weighted by Gasteiger charge is -2.28. The number of rotatable bonds is 9. The van der Waals surface area contributed by atoms with Crippen LogP contribution in [0, 0.1) is 5.92 Å². The van der Waals surface area contributed by atoms with Crippen molar-refractivity contribution in [1.29, 1.82) is 0 Å². The second-order valence-electron chi connectivity index (χ2n) is 6.52. The summed E-state index contributed by atoms with van der Waals surface area (Å²) in [4.78, 5) is 2.65. The Hall–Kier alpha value is -0.680. The Morgan fingerprint density at radius 2 is 2.05 bits per heavy atom. The predicted octanol–water partition coefficient (Wildman–Crippen LogP) is 4.15. The highest BCUT2D eigenvalue weighted by atomic mass is 32.1. The van der Waals surface area contributed by atoms with Gasteiger partial charge in [0.1, 0.15) is 5.01 Å². The van der Waals surface area contributed by atoms with Crippen molar-refractivity contribution in [1.82, 2.24) is 15.1 Å². The van der Waals surface area contributed by atoms with Crippen molar-refractivity contribution in [2.24, 2.45) is 5.92 Å². The van der Waals surface area contributed by atoms with E-state index in [1.165, 1.54) is 38.6 Å². The van der Waals surface area contributed by atoms with Crippen LogP contribution < -0.4 is 5.32 Å². The quantitative estimate of drug-likeness (QED) is 0.744. The van der Waals surface area contributed by atoms with Crippen LogP contribution in [-0.2, 0) is 6.54 Å². The van der Waals surface area contributed by atoms with Crippen LogP contribution in [0.1, 0.15) is 64.3 Å². The van der Waals surface area contributed by atoms with Crippen molar-refractivity contribution >= 4 is 16.5 Å². The van der Waals surface area contributed by atoms with E-state index in [2.05, 4.69) is 41.2 Å². The molecule has 0 unspecified atom stereocenters. The molecule has 1 heterocycles. The van der Waals surface area contributed by atoms with Gasteiger partial charge in [0.15, 0.2) is 0 Å². The van der Waals surface area contributed by atoms with Crippen LogP contribution in [-0.4, -0.2) is 34.2 Å². The number of nitrogens with one attached hydrogen (secondary N) is 1. The van der Waals surface area contributed by atoms with Gasteiger partial charge in [0, 0.05) is 12.6 Å². The van der Waals surface area contributed by atoms with Gasteiger partial charge < -0.3 is 5.32 Å². The first-order chi connectivity index (χ1) is 10.2. The summed E-state index contributed by atoms with van der Waals surface area (Å²) >= 11 is 1.72. The lowest BCUT2D eigenvalue weighted by Crippen LogP contribution is -2.34. The van der Waals surface area contributed by atoms with Crippen LogP contribution >= 0.6 is 11.3 Å². The summed E-state index contributed by atoms with van der Waals surface area (Å²) in [6.07, 6.45) is 7.90. The molecule has 0 bridgehead atoms. The minimum Gasteiger partial charge on any atom is -0.360 e. The summed E-state index contributed by atoms with van der Waals surface area (Å²) in [5, 5.41) is 14.1. The fourth-order valence-corrected chi connectivity index (χ4v) is 3.67. The zero-order chi connectivity index (χ0) is 15.1. The van der Waals surface area contributed by atoms with E-state index in [0.717, 1.165) is 41.6 Å². The maximum Gasteiger partial charge on any atom is 0.205 e. The van der Waals surface area contributed by atoms with Crippen molar-refractivity contribution in [2.75, 3.05) is 18.4 Å². The maximum absolute atomic E-state index is 4.37. The summed E-state index contributed by atoms with van der Waals surface area (Å²) in [7, 11) is 0. The lowest BCUT2D eigenvalue weighted by atomic mass is 10.1. The second kappa shape index (κ2) is 8.69. The average molecular weight is 311 g/mol. The monoisotopic (exact) mass is 310 g/mol. The average Bonchev–Trinajstić information content (AvgIpc) is 3.12. The molecule has 1 aromatic rings. The summed E-state index contributed by atoms with van der Waals surface area (Å²) in [5.74, 6) is 0.769. The highest BCUT2D eigenvalue weighted by molar-refractivity contribution is 7.15. The molecule has 1 aromatic heterocycles. The minimum absolute atomic E-state index is 0.764. The second-order valence-corrected chi connectivity index (χ2v) is 7.58. The summed E-state index contributed by atoms with van der Waals surface area (Å²) < 4.78 is 0. The molecule has 1 N–H and O–H groups in total. The van der Waals surface area contributed by atoms with Crippen LogP contribution in [0.25, 0.3) is 0 Å². The SMILES string of the molecule is CCCNc1nnc(CN(CCC(C)C)C2CCCC2)s1. The molecular weight excluding hydrogens is 280 g/mol. The van der Waals surface area contributed by atoms with Gasteiger partial charge in [-0.3, -0.25) is 4.90 Å². The molecule has 0 amide bonds. The van der Waals surface area contributed by atoms with Gasteiger partial charge in [-0.25, -0.2) is 0 Å². The largest absolute Gasteiger partial charge is 0.360 e. The third-order valence-corrected chi connectivity index (χ3v) is 5.03. The van der Waals surface area contributed by atoms with Gasteiger partial charge in [-0.05, 0) is 38.1 Å². The van der Waals surface area contributed by atoms with Gasteiger partial charge >= 0.3 is 0 Å². The molecule has 4 nitrogen and oxygen atoms in total. The van der Waals surface area contributed by atoms with E-state index in [-0.39, 0.29) is 0 Å². The van der Waals surface area contributed by atoms with Crippen molar-refractivity contribution in [3.8, 4) is 0 Å². The molecule has 1 saturated carbocycles. The Kier molecular flexibility index (Phi) is 6.90. The highest BCUT2D eigenvalue weighted by Gasteiger charge is 2.23. The van der Waals surface area contributed by atoms with Crippen molar-refractivity contribution in [3.05, 3.63) is 5.01 Å². The van der Waals surface area contributed by atoms with Crippen LogP contribution in [0.3, 0.4) is 0 Å². The zero-order valence-corrected chi connectivity index (χ0v) is 14.6. The molecule has 120 valence electrons. The van der Waals surface area contributed by atoms with Gasteiger partial charge in [-0.2, -0.15) is 0 Å². The van der Waals surface area contributed by atoms with E-state index < -0.39 is 0 Å². The molecule has 0 atom stereocenters. The van der Waals surface area contributed by atoms with Gasteiger partial charge in [0.05, 0.1) is 6.54 Å². The molecule has 2 rings (SSSR count). The van der Waals surface area contributed by atoms with Crippen molar-refractivity contribution in [3.63, 3.8) is 0 Å². The number of aromatic nitrogens is 2. The Bertz CT molecular complexity index is 399. The summed E-state index contributed by atoms with van der Waals surface area (Å²) in [6.45, 7) is 9.94. The number of hydrogen-bond donors (Lipinski definition) is 1. The van der Waals surface area contributed by atoms with Gasteiger partial charge in [-0.15, -0.1) is 10.2 Å². The highest BCUT2D eigenvalue weighted by Crippen LogP contribution is 2.27. The van der Waals surface area contributed by atoms with E-state index in [0.29, 0.717) is 0 Å². The number of hydrogen-bond acceptors (Lipinski definition) is 5. The molecule has 0 saturated heterocycles. The third kappa shape index (κ3) is 5.55. The first kappa shape index (κ1) is 16.7. The molecule has 21 heavy (non-hydrogen) atoms. The van der Waals surface area contributed by atoms with Crippen LogP contribution in [0.4, 0.5) is 5.13 Å². The molecular formula is C16H30N4S. The van der Waals surface area contributed by atoms with Crippen LogP contribution in [0.5, 0.6) is 0 Å². The standard InChI is InChI=1S/C16H30N4S/c1-4-10-17-16-19-18-15(21-16)12-20(11-9-13(2)3)14-7-5-6-8-14/h13-14H,4-12H2,1-3H3,(H,17,19). The summed E-state index contributed by atoms with van der Waals surface area (Å²) in [6, 6.07) is 0.764. The molecule has 1 aliphatic carbocycles. The maximum atomic E-state index is 4.37. The molecule has 0 spiro atoms. The van der Waals surface area contributed by atoms with E-state index in [1.54, 1.807) is 11.3 Å². The predicted molar refractivity (Wildman–Crippen MR) is 90.8 cm³/mol. The van der Waals surface area contributed by atoms with Crippen molar-refractivity contribution in [2.45, 2.75) is 71.9 Å². The Morgan fingerprint density at radius 1 is 1.29 bits per heavy atom. The Morgan fingerprint density at radius 3 is 2.71 bits per heavy atom. The van der Waals surface area contributed by atoms with Crippen LogP contribution in [0.15, 0.2) is 0 Å². The Balaban J connectivity index is 1.91. The first-order valence-corrected chi connectivity index (χ1v) is 9.31. The third-order valence-electron chi connectivity index (χ3n) is 4.17. The van der Waals surface area contributed by atoms with Gasteiger partial charge in [0.2, 0.25) is 5.13 Å². The normalized spacial score (nSPS) is 16.2. The minimum atomic E-state index is 0.764. The molecule has 5 heteroatoms. The fraction of sp³-hybridized carbons (Fsp3) is 0.875. The van der Waals surface area contributed by atoms with Gasteiger partial charge in [-0.1, -0.05) is 44.9 Å². The lowest BCUT2D eigenvalue weighted by molar-refractivity contribution is 0.179. The molecule has 1 aliphatic rings. The molecule has 0 aromatic carbocycles. The Labute approximate surface area is 133 Å². The van der Waals surface area contributed by atoms with Gasteiger partial charge in [0.25, 0.3) is 0 Å². The topological polar surface area (TPSA) is 41.1 Å². The zero-order valence-electron chi connectivity index (χ0n) is 13.8. The number of anilines is 1. The van der Waals surface area contributed by atoms with Crippen molar-refractivity contribution < 1.29 is 0 Å². The smallest absolute Gasteiger partial charge is 0.205 e.